The molecule has 0 radical (unpaired) electrons. The minimum atomic E-state index is -0.966. The molecule has 180 valence electrons. The van der Waals surface area contributed by atoms with Gasteiger partial charge in [-0.05, 0) is 36.5 Å². The Balaban J connectivity index is 1.28. The van der Waals surface area contributed by atoms with Crippen molar-refractivity contribution in [1.29, 1.82) is 0 Å². The maximum Gasteiger partial charge on any atom is 0.305 e. The zero-order valence-corrected chi connectivity index (χ0v) is 19.4. The highest BCUT2D eigenvalue weighted by molar-refractivity contribution is 5.77. The Kier molecular flexibility index (Phi) is 7.67. The molecule has 2 N–H and O–H groups in total. The van der Waals surface area contributed by atoms with Gasteiger partial charge in [0.1, 0.15) is 17.1 Å². The fourth-order valence-electron chi connectivity index (χ4n) is 3.86. The van der Waals surface area contributed by atoms with E-state index in [0.29, 0.717) is 36.5 Å². The average molecular weight is 474 g/mol. The second kappa shape index (κ2) is 11.2. The molecule has 0 aliphatic carbocycles. The van der Waals surface area contributed by atoms with Gasteiger partial charge in [0, 0.05) is 13.0 Å². The van der Waals surface area contributed by atoms with Crippen molar-refractivity contribution in [1.82, 2.24) is 25.3 Å². The standard InChI is InChI=1S/C26H27N5O4/c1-18-26(27-17-35-18)23-16-31(30-29-23)14-6-5-9-24(32)28-22(15-25(33)34)21-12-10-20(11-13-21)19-7-3-2-4-8-19/h2-4,7-8,10-13,16-17,22H,5-6,9,14-15H2,1H3,(H,28,32)(H,33,34)/t22-/m0/s1. The Morgan fingerprint density at radius 2 is 1.80 bits per heavy atom. The van der Waals surface area contributed by atoms with Gasteiger partial charge in [-0.1, -0.05) is 59.8 Å². The number of oxazole rings is 1. The van der Waals surface area contributed by atoms with E-state index in [1.165, 1.54) is 6.39 Å². The molecule has 0 bridgehead atoms. The van der Waals surface area contributed by atoms with Crippen LogP contribution in [0.5, 0.6) is 0 Å². The molecular formula is C26H27N5O4. The van der Waals surface area contributed by atoms with Crippen LogP contribution in [0.2, 0.25) is 0 Å². The maximum absolute atomic E-state index is 12.5. The average Bonchev–Trinajstić information content (AvgIpc) is 3.50. The number of benzene rings is 2. The Hall–Kier alpha value is -4.27. The Morgan fingerprint density at radius 3 is 2.49 bits per heavy atom. The molecule has 2 heterocycles. The number of aryl methyl sites for hydroxylation is 2. The molecule has 0 aliphatic rings. The first-order chi connectivity index (χ1) is 17.0. The van der Waals surface area contributed by atoms with Gasteiger partial charge in [0.05, 0.1) is 18.7 Å². The van der Waals surface area contributed by atoms with E-state index in [0.717, 1.165) is 23.1 Å². The number of nitrogens with one attached hydrogen (secondary N) is 1. The number of nitrogens with zero attached hydrogens (tertiary/aromatic N) is 4. The maximum atomic E-state index is 12.5. The fourth-order valence-corrected chi connectivity index (χ4v) is 3.86. The Labute approximate surface area is 202 Å². The van der Waals surface area contributed by atoms with Crippen molar-refractivity contribution in [3.05, 3.63) is 78.5 Å². The minimum absolute atomic E-state index is 0.180. The monoisotopic (exact) mass is 473 g/mol. The summed E-state index contributed by atoms with van der Waals surface area (Å²) in [6.45, 7) is 2.42. The van der Waals surface area contributed by atoms with Gasteiger partial charge >= 0.3 is 5.97 Å². The molecule has 1 amide bonds. The largest absolute Gasteiger partial charge is 0.481 e. The summed E-state index contributed by atoms with van der Waals surface area (Å²) in [6.07, 6.45) is 4.65. The predicted octanol–water partition coefficient (Wildman–Crippen LogP) is 4.41. The van der Waals surface area contributed by atoms with Crippen LogP contribution < -0.4 is 5.32 Å². The summed E-state index contributed by atoms with van der Waals surface area (Å²) >= 11 is 0. The molecular weight excluding hydrogens is 446 g/mol. The van der Waals surface area contributed by atoms with Crippen molar-refractivity contribution in [3.63, 3.8) is 0 Å². The number of carbonyl (C=O) groups excluding carboxylic acids is 1. The second-order valence-electron chi connectivity index (χ2n) is 8.29. The summed E-state index contributed by atoms with van der Waals surface area (Å²) in [6, 6.07) is 17.0. The first-order valence-electron chi connectivity index (χ1n) is 11.5. The molecule has 2 aromatic carbocycles. The number of carbonyl (C=O) groups is 2. The molecule has 1 atom stereocenters. The second-order valence-corrected chi connectivity index (χ2v) is 8.29. The number of aliphatic carboxylic acids is 1. The van der Waals surface area contributed by atoms with Crippen molar-refractivity contribution >= 4 is 11.9 Å². The molecule has 9 heteroatoms. The van der Waals surface area contributed by atoms with E-state index in [4.69, 9.17) is 4.42 Å². The third-order valence-corrected chi connectivity index (χ3v) is 5.70. The number of carboxylic acids is 1. The molecule has 2 aromatic heterocycles. The van der Waals surface area contributed by atoms with Crippen LogP contribution in [0, 0.1) is 6.92 Å². The van der Waals surface area contributed by atoms with E-state index >= 15 is 0 Å². The third kappa shape index (κ3) is 6.41. The molecule has 4 rings (SSSR count). The molecule has 0 spiro atoms. The number of unbranched alkanes of at least 4 members (excludes halogenated alkanes) is 1. The number of hydrogen-bond donors (Lipinski definition) is 2. The fraction of sp³-hybridized carbons (Fsp3) is 0.269. The van der Waals surface area contributed by atoms with Crippen molar-refractivity contribution < 1.29 is 19.1 Å². The van der Waals surface area contributed by atoms with Crippen molar-refractivity contribution in [2.24, 2.45) is 0 Å². The first-order valence-corrected chi connectivity index (χ1v) is 11.5. The molecule has 0 saturated carbocycles. The van der Waals surface area contributed by atoms with E-state index in [1.54, 1.807) is 10.9 Å². The molecule has 0 unspecified atom stereocenters. The van der Waals surface area contributed by atoms with Gasteiger partial charge in [-0.2, -0.15) is 0 Å². The van der Waals surface area contributed by atoms with Crippen LogP contribution >= 0.6 is 0 Å². The Bertz CT molecular complexity index is 1260. The molecule has 9 nitrogen and oxygen atoms in total. The zero-order valence-electron chi connectivity index (χ0n) is 19.4. The van der Waals surface area contributed by atoms with Gasteiger partial charge in [0.2, 0.25) is 5.91 Å². The number of rotatable bonds is 11. The first kappa shape index (κ1) is 23.9. The zero-order chi connectivity index (χ0) is 24.6. The highest BCUT2D eigenvalue weighted by Crippen LogP contribution is 2.24. The molecule has 4 aromatic rings. The normalized spacial score (nSPS) is 11.8. The minimum Gasteiger partial charge on any atom is -0.481 e. The SMILES string of the molecule is Cc1ocnc1-c1cn(CCCCC(=O)N[C@@H](CC(=O)O)c2ccc(-c3ccccc3)cc2)nn1. The van der Waals surface area contributed by atoms with E-state index in [-0.39, 0.29) is 12.3 Å². The summed E-state index contributed by atoms with van der Waals surface area (Å²) in [7, 11) is 0. The summed E-state index contributed by atoms with van der Waals surface area (Å²) < 4.78 is 6.91. The Morgan fingerprint density at radius 1 is 1.06 bits per heavy atom. The van der Waals surface area contributed by atoms with Crippen molar-refractivity contribution in [2.75, 3.05) is 0 Å². The summed E-state index contributed by atoms with van der Waals surface area (Å²) in [5.41, 5.74) is 4.18. The molecule has 35 heavy (non-hydrogen) atoms. The summed E-state index contributed by atoms with van der Waals surface area (Å²) in [4.78, 5) is 28.1. The lowest BCUT2D eigenvalue weighted by molar-refractivity contribution is -0.137. The van der Waals surface area contributed by atoms with Gasteiger partial charge in [-0.3, -0.25) is 14.3 Å². The highest BCUT2D eigenvalue weighted by atomic mass is 16.4. The number of aromatic nitrogens is 4. The van der Waals surface area contributed by atoms with E-state index < -0.39 is 12.0 Å². The van der Waals surface area contributed by atoms with E-state index in [1.807, 2.05) is 61.5 Å². The van der Waals surface area contributed by atoms with Crippen molar-refractivity contribution in [3.8, 4) is 22.5 Å². The lowest BCUT2D eigenvalue weighted by Crippen LogP contribution is -2.30. The van der Waals surface area contributed by atoms with Crippen LogP contribution in [0.1, 0.15) is 43.0 Å². The van der Waals surface area contributed by atoms with Crippen LogP contribution in [0.4, 0.5) is 0 Å². The smallest absolute Gasteiger partial charge is 0.305 e. The quantitative estimate of drug-likeness (QED) is 0.309. The van der Waals surface area contributed by atoms with Gasteiger partial charge in [0.25, 0.3) is 0 Å². The predicted molar refractivity (Wildman–Crippen MR) is 129 cm³/mol. The lowest BCUT2D eigenvalue weighted by Gasteiger charge is -2.18. The van der Waals surface area contributed by atoms with Gasteiger partial charge in [0.15, 0.2) is 6.39 Å². The van der Waals surface area contributed by atoms with E-state index in [2.05, 4.69) is 20.6 Å². The van der Waals surface area contributed by atoms with Crippen LogP contribution in [0.3, 0.4) is 0 Å². The lowest BCUT2D eigenvalue weighted by atomic mass is 9.99. The number of hydrogen-bond acceptors (Lipinski definition) is 6. The van der Waals surface area contributed by atoms with Crippen LogP contribution in [-0.2, 0) is 16.1 Å². The van der Waals surface area contributed by atoms with Crippen molar-refractivity contribution in [2.45, 2.75) is 45.2 Å². The third-order valence-electron chi connectivity index (χ3n) is 5.70. The summed E-state index contributed by atoms with van der Waals surface area (Å²) in [5, 5.41) is 20.4. The van der Waals surface area contributed by atoms with Gasteiger partial charge < -0.3 is 14.8 Å². The topological polar surface area (TPSA) is 123 Å². The van der Waals surface area contributed by atoms with Crippen LogP contribution in [-0.4, -0.2) is 37.0 Å². The number of carboxylic acid groups (broad SMARTS) is 1. The summed E-state index contributed by atoms with van der Waals surface area (Å²) in [5.74, 6) is -0.466. The van der Waals surface area contributed by atoms with Crippen LogP contribution in [0.25, 0.3) is 22.5 Å². The van der Waals surface area contributed by atoms with Gasteiger partial charge in [-0.25, -0.2) is 4.98 Å². The molecule has 0 fully saturated rings. The number of amides is 1. The van der Waals surface area contributed by atoms with E-state index in [9.17, 15) is 14.7 Å². The van der Waals surface area contributed by atoms with Gasteiger partial charge in [-0.15, -0.1) is 5.10 Å². The molecule has 0 saturated heterocycles. The van der Waals surface area contributed by atoms with Crippen LogP contribution in [0.15, 0.2) is 71.6 Å². The highest BCUT2D eigenvalue weighted by Gasteiger charge is 2.18. The molecule has 0 aliphatic heterocycles.